The summed E-state index contributed by atoms with van der Waals surface area (Å²) in [5.74, 6) is 0.134. The molecule has 0 heterocycles. The van der Waals surface area contributed by atoms with Crippen LogP contribution in [0.2, 0.25) is 0 Å². The second-order valence-electron chi connectivity index (χ2n) is 3.35. The van der Waals surface area contributed by atoms with Crippen molar-refractivity contribution in [2.24, 2.45) is 0 Å². The first kappa shape index (κ1) is 11.4. The van der Waals surface area contributed by atoms with Crippen LogP contribution in [0.1, 0.15) is 21.5 Å². The van der Waals surface area contributed by atoms with Crippen molar-refractivity contribution in [1.29, 1.82) is 0 Å². The van der Waals surface area contributed by atoms with E-state index in [1.807, 2.05) is 26.0 Å². The number of hydrogen-bond donors (Lipinski definition) is 1. The lowest BCUT2D eigenvalue weighted by atomic mass is 10.0. The highest BCUT2D eigenvalue weighted by atomic mass is 79.9. The maximum absolute atomic E-state index is 11.7. The van der Waals surface area contributed by atoms with Crippen molar-refractivity contribution in [2.75, 3.05) is 13.6 Å². The number of rotatable bonds is 3. The zero-order valence-corrected chi connectivity index (χ0v) is 10.2. The lowest BCUT2D eigenvalue weighted by Crippen LogP contribution is -2.19. The highest BCUT2D eigenvalue weighted by molar-refractivity contribution is 9.10. The van der Waals surface area contributed by atoms with Crippen LogP contribution >= 0.6 is 15.9 Å². The van der Waals surface area contributed by atoms with Crippen molar-refractivity contribution in [1.82, 2.24) is 5.32 Å². The largest absolute Gasteiger partial charge is 0.313 e. The predicted octanol–water partition coefficient (Wildman–Crippen LogP) is 2.47. The molecular weight excluding hydrogens is 242 g/mol. The van der Waals surface area contributed by atoms with E-state index in [4.69, 9.17) is 0 Å². The number of Topliss-reactive ketones (excluding diaryl/α,β-unsaturated/α-hetero) is 1. The summed E-state index contributed by atoms with van der Waals surface area (Å²) < 4.78 is 0.958. The molecule has 76 valence electrons. The third kappa shape index (κ3) is 2.42. The topological polar surface area (TPSA) is 29.1 Å². The van der Waals surface area contributed by atoms with Crippen LogP contribution in [0.5, 0.6) is 0 Å². The number of hydrogen-bond acceptors (Lipinski definition) is 2. The summed E-state index contributed by atoms with van der Waals surface area (Å²) in [6.07, 6.45) is 0. The number of carbonyl (C=O) groups is 1. The Hall–Kier alpha value is -0.670. The van der Waals surface area contributed by atoms with E-state index in [0.717, 1.165) is 21.2 Å². The second-order valence-corrected chi connectivity index (χ2v) is 4.26. The maximum atomic E-state index is 11.7. The first-order valence-corrected chi connectivity index (χ1v) is 5.30. The standard InChI is InChI=1S/C11H14BrNO/c1-7-4-9(12)5-10(8(7)2)11(14)6-13-3/h4-5,13H,6H2,1-3H3. The predicted molar refractivity (Wildman–Crippen MR) is 61.9 cm³/mol. The molecule has 14 heavy (non-hydrogen) atoms. The Balaban J connectivity index is 3.13. The number of ketones is 1. The van der Waals surface area contributed by atoms with E-state index < -0.39 is 0 Å². The van der Waals surface area contributed by atoms with Gasteiger partial charge in [0.1, 0.15) is 0 Å². The number of aryl methyl sites for hydroxylation is 1. The highest BCUT2D eigenvalue weighted by Crippen LogP contribution is 2.20. The van der Waals surface area contributed by atoms with Crippen LogP contribution in [-0.4, -0.2) is 19.4 Å². The minimum absolute atomic E-state index is 0.134. The summed E-state index contributed by atoms with van der Waals surface area (Å²) in [5.41, 5.74) is 3.00. The number of benzene rings is 1. The monoisotopic (exact) mass is 255 g/mol. The summed E-state index contributed by atoms with van der Waals surface area (Å²) in [5, 5.41) is 2.87. The Labute approximate surface area is 92.8 Å². The summed E-state index contributed by atoms with van der Waals surface area (Å²) in [6, 6.07) is 3.90. The normalized spacial score (nSPS) is 10.3. The van der Waals surface area contributed by atoms with Crippen molar-refractivity contribution in [3.63, 3.8) is 0 Å². The summed E-state index contributed by atoms with van der Waals surface area (Å²) in [6.45, 7) is 4.37. The van der Waals surface area contributed by atoms with E-state index in [-0.39, 0.29) is 5.78 Å². The molecule has 1 rings (SSSR count). The average Bonchev–Trinajstić information content (AvgIpc) is 2.11. The van der Waals surface area contributed by atoms with Gasteiger partial charge in [-0.1, -0.05) is 15.9 Å². The molecule has 0 aliphatic heterocycles. The van der Waals surface area contributed by atoms with Gasteiger partial charge in [0.15, 0.2) is 5.78 Å². The quantitative estimate of drug-likeness (QED) is 0.842. The van der Waals surface area contributed by atoms with E-state index in [2.05, 4.69) is 21.2 Å². The zero-order chi connectivity index (χ0) is 10.7. The number of halogens is 1. The van der Waals surface area contributed by atoms with Gasteiger partial charge >= 0.3 is 0 Å². The lowest BCUT2D eigenvalue weighted by molar-refractivity contribution is 0.0993. The van der Waals surface area contributed by atoms with Crippen LogP contribution in [0.3, 0.4) is 0 Å². The lowest BCUT2D eigenvalue weighted by Gasteiger charge is -2.08. The maximum Gasteiger partial charge on any atom is 0.176 e. The fourth-order valence-corrected chi connectivity index (χ4v) is 1.93. The molecule has 0 radical (unpaired) electrons. The van der Waals surface area contributed by atoms with E-state index >= 15 is 0 Å². The fraction of sp³-hybridized carbons (Fsp3) is 0.364. The molecule has 0 fully saturated rings. The van der Waals surface area contributed by atoms with Crippen LogP contribution in [0.4, 0.5) is 0 Å². The summed E-state index contributed by atoms with van der Waals surface area (Å²) in [7, 11) is 1.78. The highest BCUT2D eigenvalue weighted by Gasteiger charge is 2.10. The molecule has 0 bridgehead atoms. The Kier molecular flexibility index (Phi) is 3.84. The van der Waals surface area contributed by atoms with Crippen LogP contribution in [-0.2, 0) is 0 Å². The molecule has 0 saturated carbocycles. The third-order valence-electron chi connectivity index (χ3n) is 2.27. The van der Waals surface area contributed by atoms with Gasteiger partial charge in [-0.3, -0.25) is 4.79 Å². The second kappa shape index (κ2) is 4.71. The van der Waals surface area contributed by atoms with Crippen LogP contribution in [0, 0.1) is 13.8 Å². The van der Waals surface area contributed by atoms with Crippen molar-refractivity contribution in [3.8, 4) is 0 Å². The third-order valence-corrected chi connectivity index (χ3v) is 2.73. The molecule has 0 aliphatic carbocycles. The molecule has 0 unspecified atom stereocenters. The Morgan fingerprint density at radius 1 is 1.43 bits per heavy atom. The van der Waals surface area contributed by atoms with Crippen LogP contribution < -0.4 is 5.32 Å². The van der Waals surface area contributed by atoms with E-state index in [1.165, 1.54) is 0 Å². The van der Waals surface area contributed by atoms with Gasteiger partial charge in [0.05, 0.1) is 6.54 Å². The molecule has 0 atom stereocenters. The Morgan fingerprint density at radius 2 is 2.07 bits per heavy atom. The van der Waals surface area contributed by atoms with Crippen molar-refractivity contribution in [3.05, 3.63) is 33.3 Å². The molecule has 2 nitrogen and oxygen atoms in total. The molecule has 0 saturated heterocycles. The molecule has 1 N–H and O–H groups in total. The molecule has 0 amide bonds. The molecule has 0 aromatic heterocycles. The van der Waals surface area contributed by atoms with E-state index in [9.17, 15) is 4.79 Å². The van der Waals surface area contributed by atoms with Crippen molar-refractivity contribution < 1.29 is 4.79 Å². The van der Waals surface area contributed by atoms with Gasteiger partial charge in [0.25, 0.3) is 0 Å². The first-order valence-electron chi connectivity index (χ1n) is 4.50. The van der Waals surface area contributed by atoms with Gasteiger partial charge in [0, 0.05) is 10.0 Å². The van der Waals surface area contributed by atoms with E-state index in [1.54, 1.807) is 7.05 Å². The fourth-order valence-electron chi connectivity index (χ4n) is 1.36. The SMILES string of the molecule is CNCC(=O)c1cc(Br)cc(C)c1C. The summed E-state index contributed by atoms with van der Waals surface area (Å²) in [4.78, 5) is 11.7. The molecule has 1 aromatic carbocycles. The Morgan fingerprint density at radius 3 is 2.64 bits per heavy atom. The zero-order valence-electron chi connectivity index (χ0n) is 8.65. The van der Waals surface area contributed by atoms with Gasteiger partial charge < -0.3 is 5.32 Å². The van der Waals surface area contributed by atoms with Crippen molar-refractivity contribution in [2.45, 2.75) is 13.8 Å². The van der Waals surface area contributed by atoms with Crippen molar-refractivity contribution >= 4 is 21.7 Å². The number of nitrogens with one attached hydrogen (secondary N) is 1. The van der Waals surface area contributed by atoms with Gasteiger partial charge in [0.2, 0.25) is 0 Å². The smallest absolute Gasteiger partial charge is 0.176 e. The van der Waals surface area contributed by atoms with E-state index in [0.29, 0.717) is 6.54 Å². The average molecular weight is 256 g/mol. The molecule has 0 aliphatic rings. The molecule has 0 spiro atoms. The van der Waals surface area contributed by atoms with Gasteiger partial charge in [-0.2, -0.15) is 0 Å². The first-order chi connectivity index (χ1) is 6.56. The number of carbonyl (C=O) groups excluding carboxylic acids is 1. The van der Waals surface area contributed by atoms with Gasteiger partial charge in [-0.25, -0.2) is 0 Å². The minimum Gasteiger partial charge on any atom is -0.313 e. The van der Waals surface area contributed by atoms with Gasteiger partial charge in [-0.05, 0) is 44.2 Å². The van der Waals surface area contributed by atoms with Crippen LogP contribution in [0.15, 0.2) is 16.6 Å². The summed E-state index contributed by atoms with van der Waals surface area (Å²) >= 11 is 3.39. The Bertz CT molecular complexity index is 361. The minimum atomic E-state index is 0.134. The molecular formula is C11H14BrNO. The number of likely N-dealkylation sites (N-methyl/N-ethyl adjacent to an activating group) is 1. The van der Waals surface area contributed by atoms with Gasteiger partial charge in [-0.15, -0.1) is 0 Å². The van der Waals surface area contributed by atoms with Crippen LogP contribution in [0.25, 0.3) is 0 Å². The molecule has 3 heteroatoms. The molecule has 1 aromatic rings.